The van der Waals surface area contributed by atoms with Gasteiger partial charge in [-0.25, -0.2) is 5.11 Å². The zero-order valence-corrected chi connectivity index (χ0v) is 8.56. The smallest absolute Gasteiger partial charge is 0.0822 e. The van der Waals surface area contributed by atoms with Crippen LogP contribution in [0.15, 0.2) is 0 Å². The van der Waals surface area contributed by atoms with E-state index >= 15 is 0 Å². The number of hydrogen-bond acceptors (Lipinski definition) is 1. The lowest BCUT2D eigenvalue weighted by molar-refractivity contribution is -0.00489. The molecule has 0 heterocycles. The Bertz CT molecular complexity index is 94.5. The Balaban J connectivity index is 3.01. The van der Waals surface area contributed by atoms with Crippen LogP contribution in [0.5, 0.6) is 0 Å². The van der Waals surface area contributed by atoms with E-state index in [4.69, 9.17) is 4.74 Å². The lowest BCUT2D eigenvalue weighted by atomic mass is 10.2. The molecular weight excluding hydrogens is 152 g/mol. The van der Waals surface area contributed by atoms with Crippen molar-refractivity contribution in [2.45, 2.75) is 52.1 Å². The van der Waals surface area contributed by atoms with Crippen molar-refractivity contribution < 1.29 is 9.84 Å². The second-order valence-electron chi connectivity index (χ2n) is 4.08. The molecule has 0 atom stereocenters. The van der Waals surface area contributed by atoms with E-state index in [2.05, 4.69) is 20.8 Å². The molecule has 0 amide bonds. The van der Waals surface area contributed by atoms with E-state index < -0.39 is 0 Å². The summed E-state index contributed by atoms with van der Waals surface area (Å²) < 4.78 is 5.53. The Morgan fingerprint density at radius 2 is 1.58 bits per heavy atom. The molecule has 0 aliphatic rings. The van der Waals surface area contributed by atoms with Gasteiger partial charge in [-0.2, -0.15) is 0 Å². The van der Waals surface area contributed by atoms with Crippen LogP contribution in [0.4, 0.5) is 0 Å². The van der Waals surface area contributed by atoms with Gasteiger partial charge in [0.1, 0.15) is 0 Å². The number of ether oxygens (including phenoxy) is 1. The van der Waals surface area contributed by atoms with Gasteiger partial charge in [0, 0.05) is 6.61 Å². The van der Waals surface area contributed by atoms with Gasteiger partial charge in [0.25, 0.3) is 0 Å². The van der Waals surface area contributed by atoms with E-state index in [-0.39, 0.29) is 12.2 Å². The van der Waals surface area contributed by atoms with Crippen LogP contribution in [0.1, 0.15) is 46.5 Å². The molecule has 0 rings (SSSR count). The fourth-order valence-electron chi connectivity index (χ4n) is 0.936. The monoisotopic (exact) mass is 173 g/mol. The highest BCUT2D eigenvalue weighted by atomic mass is 16.5. The molecule has 0 fully saturated rings. The highest BCUT2D eigenvalue weighted by Gasteiger charge is 2.08. The van der Waals surface area contributed by atoms with Gasteiger partial charge in [0.15, 0.2) is 0 Å². The largest absolute Gasteiger partial charge is 0.376 e. The first-order valence-electron chi connectivity index (χ1n) is 4.78. The fraction of sp³-hybridized carbons (Fsp3) is 1.00. The molecular formula is C10H21O2. The minimum absolute atomic E-state index is 0.0153. The molecule has 0 saturated heterocycles. The standard InChI is InChI=1S/C10H21O2/c1-10(2,3)12-9-7-5-4-6-8-11/h4-9H2,1-3H3. The fourth-order valence-corrected chi connectivity index (χ4v) is 0.936. The Hall–Kier alpha value is -0.0800. The maximum Gasteiger partial charge on any atom is 0.0822 e. The van der Waals surface area contributed by atoms with E-state index in [1.54, 1.807) is 0 Å². The molecule has 0 aromatic rings. The van der Waals surface area contributed by atoms with Gasteiger partial charge >= 0.3 is 0 Å². The number of rotatable bonds is 6. The average Bonchev–Trinajstić information content (AvgIpc) is 1.94. The van der Waals surface area contributed by atoms with E-state index in [0.717, 1.165) is 32.3 Å². The van der Waals surface area contributed by atoms with Crippen molar-refractivity contribution in [1.29, 1.82) is 0 Å². The van der Waals surface area contributed by atoms with Gasteiger partial charge in [0.05, 0.1) is 12.2 Å². The second-order valence-corrected chi connectivity index (χ2v) is 4.08. The summed E-state index contributed by atoms with van der Waals surface area (Å²) in [6, 6.07) is 0. The summed E-state index contributed by atoms with van der Waals surface area (Å²) in [4.78, 5) is 0. The van der Waals surface area contributed by atoms with Crippen LogP contribution in [-0.2, 0) is 9.84 Å². The van der Waals surface area contributed by atoms with Crippen LogP contribution in [0, 0.1) is 0 Å². The van der Waals surface area contributed by atoms with Gasteiger partial charge in [-0.15, -0.1) is 0 Å². The zero-order chi connectivity index (χ0) is 9.45. The lowest BCUT2D eigenvalue weighted by Crippen LogP contribution is -2.19. The van der Waals surface area contributed by atoms with Crippen molar-refractivity contribution in [1.82, 2.24) is 0 Å². The summed E-state index contributed by atoms with van der Waals surface area (Å²) in [6.07, 6.45) is 4.07. The molecule has 0 aromatic carbocycles. The Morgan fingerprint density at radius 3 is 2.08 bits per heavy atom. The maximum absolute atomic E-state index is 10.1. The molecule has 0 aliphatic carbocycles. The molecule has 0 spiro atoms. The molecule has 0 N–H and O–H groups in total. The van der Waals surface area contributed by atoms with Crippen LogP contribution in [0.3, 0.4) is 0 Å². The third-order valence-corrected chi connectivity index (χ3v) is 1.57. The molecule has 0 aliphatic heterocycles. The predicted molar refractivity (Wildman–Crippen MR) is 49.7 cm³/mol. The highest BCUT2D eigenvalue weighted by Crippen LogP contribution is 2.08. The molecule has 73 valence electrons. The van der Waals surface area contributed by atoms with Crippen LogP contribution < -0.4 is 0 Å². The molecule has 12 heavy (non-hydrogen) atoms. The Morgan fingerprint density at radius 1 is 1.00 bits per heavy atom. The summed E-state index contributed by atoms with van der Waals surface area (Å²) in [7, 11) is 0. The van der Waals surface area contributed by atoms with E-state index in [0.29, 0.717) is 0 Å². The van der Waals surface area contributed by atoms with Crippen molar-refractivity contribution in [3.05, 3.63) is 0 Å². The molecule has 2 heteroatoms. The zero-order valence-electron chi connectivity index (χ0n) is 8.56. The van der Waals surface area contributed by atoms with Gasteiger partial charge < -0.3 is 4.74 Å². The summed E-state index contributed by atoms with van der Waals surface area (Å²) in [5.41, 5.74) is -0.0153. The number of hydrogen-bond donors (Lipinski definition) is 0. The second kappa shape index (κ2) is 6.44. The molecule has 2 nitrogen and oxygen atoms in total. The van der Waals surface area contributed by atoms with E-state index in [1.165, 1.54) is 0 Å². The van der Waals surface area contributed by atoms with E-state index in [1.807, 2.05) is 0 Å². The lowest BCUT2D eigenvalue weighted by Gasteiger charge is -2.19. The van der Waals surface area contributed by atoms with Crippen LogP contribution >= 0.6 is 0 Å². The minimum Gasteiger partial charge on any atom is -0.376 e. The molecule has 1 radical (unpaired) electrons. The van der Waals surface area contributed by atoms with Crippen molar-refractivity contribution in [3.8, 4) is 0 Å². The Labute approximate surface area is 75.9 Å². The minimum atomic E-state index is -0.0153. The molecule has 0 unspecified atom stereocenters. The quantitative estimate of drug-likeness (QED) is 0.568. The summed E-state index contributed by atoms with van der Waals surface area (Å²) in [5.74, 6) is 0. The van der Waals surface area contributed by atoms with Gasteiger partial charge in [-0.1, -0.05) is 12.8 Å². The van der Waals surface area contributed by atoms with Crippen molar-refractivity contribution in [2.24, 2.45) is 0 Å². The van der Waals surface area contributed by atoms with Gasteiger partial charge in [0.2, 0.25) is 0 Å². The van der Waals surface area contributed by atoms with Crippen LogP contribution in [0.2, 0.25) is 0 Å². The van der Waals surface area contributed by atoms with Crippen LogP contribution in [-0.4, -0.2) is 18.8 Å². The van der Waals surface area contributed by atoms with E-state index in [9.17, 15) is 5.11 Å². The molecule has 0 aromatic heterocycles. The third-order valence-electron chi connectivity index (χ3n) is 1.57. The summed E-state index contributed by atoms with van der Waals surface area (Å²) >= 11 is 0. The normalized spacial score (nSPS) is 12.0. The van der Waals surface area contributed by atoms with Gasteiger partial charge in [-0.3, -0.25) is 0 Å². The topological polar surface area (TPSA) is 29.1 Å². The summed E-state index contributed by atoms with van der Waals surface area (Å²) in [6.45, 7) is 7.07. The predicted octanol–water partition coefficient (Wildman–Crippen LogP) is 2.79. The molecule has 0 saturated carbocycles. The first-order valence-corrected chi connectivity index (χ1v) is 4.78. The maximum atomic E-state index is 10.1. The van der Waals surface area contributed by atoms with Gasteiger partial charge in [-0.05, 0) is 33.6 Å². The highest BCUT2D eigenvalue weighted by molar-refractivity contribution is 4.58. The Kier molecular flexibility index (Phi) is 6.39. The first kappa shape index (κ1) is 11.9. The molecule has 0 bridgehead atoms. The SMILES string of the molecule is CC(C)(C)OCCCCCC[O]. The summed E-state index contributed by atoms with van der Waals surface area (Å²) in [5, 5.41) is 10.1. The van der Waals surface area contributed by atoms with Crippen LogP contribution in [0.25, 0.3) is 0 Å². The first-order chi connectivity index (χ1) is 5.56. The van der Waals surface area contributed by atoms with Crippen molar-refractivity contribution in [2.75, 3.05) is 13.2 Å². The van der Waals surface area contributed by atoms with Crippen molar-refractivity contribution in [3.63, 3.8) is 0 Å². The number of unbranched alkanes of at least 4 members (excludes halogenated alkanes) is 3. The third kappa shape index (κ3) is 9.92. The van der Waals surface area contributed by atoms with Crippen molar-refractivity contribution >= 4 is 0 Å². The average molecular weight is 173 g/mol.